The highest BCUT2D eigenvalue weighted by molar-refractivity contribution is 6.32. The van der Waals surface area contributed by atoms with Crippen LogP contribution in [0.3, 0.4) is 0 Å². The highest BCUT2D eigenvalue weighted by atomic mass is 35.5. The van der Waals surface area contributed by atoms with Crippen molar-refractivity contribution in [3.05, 3.63) is 75.9 Å². The van der Waals surface area contributed by atoms with Gasteiger partial charge in [0.25, 0.3) is 5.56 Å². The molecule has 0 spiro atoms. The predicted octanol–water partition coefficient (Wildman–Crippen LogP) is 3.76. The number of halogens is 2. The van der Waals surface area contributed by atoms with Crippen molar-refractivity contribution in [1.82, 2.24) is 14.8 Å². The Bertz CT molecular complexity index is 1170. The van der Waals surface area contributed by atoms with Crippen molar-refractivity contribution in [3.63, 3.8) is 0 Å². The number of rotatable bonds is 2. The van der Waals surface area contributed by atoms with Crippen molar-refractivity contribution < 1.29 is 4.39 Å². The second-order valence-electron chi connectivity index (χ2n) is 5.51. The topological polar surface area (TPSA) is 76.7 Å². The first-order valence-electron chi connectivity index (χ1n) is 7.47. The molecule has 7 heteroatoms. The molecule has 0 unspecified atom stereocenters. The Morgan fingerprint density at radius 1 is 1.08 bits per heavy atom. The summed E-state index contributed by atoms with van der Waals surface area (Å²) in [7, 11) is 0. The van der Waals surface area contributed by atoms with E-state index in [0.717, 1.165) is 0 Å². The largest absolute Gasteiger partial charge is 0.382 e. The fourth-order valence-electron chi connectivity index (χ4n) is 2.85. The molecule has 0 aliphatic heterocycles. The Hall–Kier alpha value is -3.12. The SMILES string of the molecule is Nc1n[nH]c2c(-c3ccccc3F)cn(-c3ccccc3Cl)c(=O)c12. The van der Waals surface area contributed by atoms with Gasteiger partial charge in [0.1, 0.15) is 11.2 Å². The van der Waals surface area contributed by atoms with Crippen LogP contribution in [-0.4, -0.2) is 14.8 Å². The summed E-state index contributed by atoms with van der Waals surface area (Å²) in [5.74, 6) is -0.361. The lowest BCUT2D eigenvalue weighted by atomic mass is 10.0. The van der Waals surface area contributed by atoms with Gasteiger partial charge in [0.2, 0.25) is 0 Å². The van der Waals surface area contributed by atoms with E-state index in [9.17, 15) is 9.18 Å². The summed E-state index contributed by atoms with van der Waals surface area (Å²) in [6.07, 6.45) is 1.54. The Morgan fingerprint density at radius 2 is 1.80 bits per heavy atom. The monoisotopic (exact) mass is 354 g/mol. The van der Waals surface area contributed by atoms with Crippen molar-refractivity contribution >= 4 is 28.3 Å². The number of aromatic nitrogens is 3. The summed E-state index contributed by atoms with van der Waals surface area (Å²) < 4.78 is 15.7. The highest BCUT2D eigenvalue weighted by Gasteiger charge is 2.19. The van der Waals surface area contributed by atoms with Gasteiger partial charge in [0.05, 0.1) is 16.2 Å². The van der Waals surface area contributed by atoms with Gasteiger partial charge in [0.15, 0.2) is 5.82 Å². The standard InChI is InChI=1S/C18H12ClFN4O/c19-12-6-2-4-8-14(12)24-9-11(10-5-1-3-7-13(10)20)16-15(18(24)25)17(21)23-22-16/h1-9H,(H3,21,22,23). The average molecular weight is 355 g/mol. The Labute approximate surface area is 146 Å². The molecular formula is C18H12ClFN4O. The van der Waals surface area contributed by atoms with E-state index in [-0.39, 0.29) is 16.8 Å². The van der Waals surface area contributed by atoms with Gasteiger partial charge in [-0.1, -0.05) is 41.9 Å². The fraction of sp³-hybridized carbons (Fsp3) is 0. The number of benzene rings is 2. The molecule has 0 saturated heterocycles. The lowest BCUT2D eigenvalue weighted by Crippen LogP contribution is -2.19. The van der Waals surface area contributed by atoms with E-state index < -0.39 is 5.82 Å². The van der Waals surface area contributed by atoms with Crippen LogP contribution >= 0.6 is 11.6 Å². The van der Waals surface area contributed by atoms with Crippen LogP contribution in [0.4, 0.5) is 10.2 Å². The number of nitrogens with one attached hydrogen (secondary N) is 1. The molecule has 0 radical (unpaired) electrons. The molecular weight excluding hydrogens is 343 g/mol. The maximum Gasteiger partial charge on any atom is 0.268 e. The van der Waals surface area contributed by atoms with Gasteiger partial charge < -0.3 is 5.73 Å². The zero-order chi connectivity index (χ0) is 17.6. The minimum absolute atomic E-state index is 0.0546. The first-order valence-corrected chi connectivity index (χ1v) is 7.84. The zero-order valence-electron chi connectivity index (χ0n) is 12.8. The first-order chi connectivity index (χ1) is 12.1. The second-order valence-corrected chi connectivity index (χ2v) is 5.92. The van der Waals surface area contributed by atoms with Gasteiger partial charge in [0, 0.05) is 17.3 Å². The van der Waals surface area contributed by atoms with E-state index in [4.69, 9.17) is 17.3 Å². The van der Waals surface area contributed by atoms with E-state index in [1.54, 1.807) is 48.7 Å². The number of nitrogens with zero attached hydrogens (tertiary/aromatic N) is 2. The molecule has 124 valence electrons. The third-order valence-corrected chi connectivity index (χ3v) is 4.35. The number of hydrogen-bond acceptors (Lipinski definition) is 3. The van der Waals surface area contributed by atoms with E-state index in [2.05, 4.69) is 10.2 Å². The number of para-hydroxylation sites is 1. The summed E-state index contributed by atoms with van der Waals surface area (Å²) in [4.78, 5) is 12.9. The van der Waals surface area contributed by atoms with E-state index in [1.807, 2.05) is 0 Å². The minimum Gasteiger partial charge on any atom is -0.382 e. The summed E-state index contributed by atoms with van der Waals surface area (Å²) in [5.41, 5.74) is 7.15. The van der Waals surface area contributed by atoms with Crippen molar-refractivity contribution in [2.45, 2.75) is 0 Å². The molecule has 0 aliphatic carbocycles. The molecule has 4 rings (SSSR count). The number of anilines is 1. The normalized spacial score (nSPS) is 11.1. The molecule has 0 aliphatic rings. The average Bonchev–Trinajstić information content (AvgIpc) is 2.99. The zero-order valence-corrected chi connectivity index (χ0v) is 13.6. The quantitative estimate of drug-likeness (QED) is 0.575. The molecule has 0 fully saturated rings. The number of fused-ring (bicyclic) bond motifs is 1. The second kappa shape index (κ2) is 5.75. The molecule has 0 amide bonds. The molecule has 2 aromatic heterocycles. The minimum atomic E-state index is -0.415. The molecule has 4 aromatic rings. The van der Waals surface area contributed by atoms with E-state index in [0.29, 0.717) is 27.4 Å². The summed E-state index contributed by atoms with van der Waals surface area (Å²) in [6, 6.07) is 13.2. The van der Waals surface area contributed by atoms with Crippen LogP contribution in [0.15, 0.2) is 59.5 Å². The van der Waals surface area contributed by atoms with Crippen LogP contribution in [0.1, 0.15) is 0 Å². The molecule has 0 saturated carbocycles. The summed E-state index contributed by atoms with van der Waals surface area (Å²) >= 11 is 6.24. The molecule has 0 atom stereocenters. The highest BCUT2D eigenvalue weighted by Crippen LogP contribution is 2.31. The lowest BCUT2D eigenvalue weighted by Gasteiger charge is -2.12. The lowest BCUT2D eigenvalue weighted by molar-refractivity contribution is 0.631. The third kappa shape index (κ3) is 2.38. The summed E-state index contributed by atoms with van der Waals surface area (Å²) in [6.45, 7) is 0. The van der Waals surface area contributed by atoms with E-state index in [1.165, 1.54) is 10.6 Å². The van der Waals surface area contributed by atoms with E-state index >= 15 is 0 Å². The van der Waals surface area contributed by atoms with Crippen LogP contribution in [0.25, 0.3) is 27.7 Å². The molecule has 3 N–H and O–H groups in total. The van der Waals surface area contributed by atoms with Crippen molar-refractivity contribution in [1.29, 1.82) is 0 Å². The van der Waals surface area contributed by atoms with Crippen LogP contribution in [0.2, 0.25) is 5.02 Å². The van der Waals surface area contributed by atoms with Gasteiger partial charge in [-0.3, -0.25) is 14.5 Å². The van der Waals surface area contributed by atoms with Crippen molar-refractivity contribution in [3.8, 4) is 16.8 Å². The molecule has 2 heterocycles. The van der Waals surface area contributed by atoms with Gasteiger partial charge in [-0.15, -0.1) is 0 Å². The molecule has 2 aromatic carbocycles. The smallest absolute Gasteiger partial charge is 0.268 e. The van der Waals surface area contributed by atoms with Crippen LogP contribution in [0.5, 0.6) is 0 Å². The fourth-order valence-corrected chi connectivity index (χ4v) is 3.08. The first kappa shape index (κ1) is 15.4. The molecule has 5 nitrogen and oxygen atoms in total. The van der Waals surface area contributed by atoms with Crippen LogP contribution < -0.4 is 11.3 Å². The third-order valence-electron chi connectivity index (χ3n) is 4.03. The van der Waals surface area contributed by atoms with Gasteiger partial charge in [-0.25, -0.2) is 4.39 Å². The van der Waals surface area contributed by atoms with Crippen molar-refractivity contribution in [2.75, 3.05) is 5.73 Å². The number of nitrogens with two attached hydrogens (primary N) is 1. The molecule has 25 heavy (non-hydrogen) atoms. The Kier molecular flexibility index (Phi) is 3.54. The number of aromatic amines is 1. The molecule has 0 bridgehead atoms. The number of pyridine rings is 1. The predicted molar refractivity (Wildman–Crippen MR) is 96.5 cm³/mol. The number of nitrogen functional groups attached to an aromatic ring is 1. The van der Waals surface area contributed by atoms with Gasteiger partial charge >= 0.3 is 0 Å². The van der Waals surface area contributed by atoms with Crippen LogP contribution in [0, 0.1) is 5.82 Å². The Morgan fingerprint density at radius 3 is 2.56 bits per heavy atom. The van der Waals surface area contributed by atoms with Gasteiger partial charge in [-0.2, -0.15) is 5.10 Å². The number of H-pyrrole nitrogens is 1. The Balaban J connectivity index is 2.15. The maximum absolute atomic E-state index is 14.3. The summed E-state index contributed by atoms with van der Waals surface area (Å²) in [5, 5.41) is 7.23. The maximum atomic E-state index is 14.3. The van der Waals surface area contributed by atoms with Gasteiger partial charge in [-0.05, 0) is 18.2 Å². The van der Waals surface area contributed by atoms with Crippen LogP contribution in [-0.2, 0) is 0 Å². The number of hydrogen-bond donors (Lipinski definition) is 2. The van der Waals surface area contributed by atoms with Crippen molar-refractivity contribution in [2.24, 2.45) is 0 Å².